The lowest BCUT2D eigenvalue weighted by atomic mass is 9.90. The SMILES string of the molecule is CC(=O)N[C@@H]1[C@@H](O)[C@@H](O)[C@@H](CO)O[C@H]1Cc1cn(C(C)(C)C)nn1. The highest BCUT2D eigenvalue weighted by molar-refractivity contribution is 5.73. The number of carbonyl (C=O) groups is 1. The molecule has 9 nitrogen and oxygen atoms in total. The largest absolute Gasteiger partial charge is 0.394 e. The van der Waals surface area contributed by atoms with Crippen molar-refractivity contribution in [1.82, 2.24) is 20.3 Å². The van der Waals surface area contributed by atoms with Crippen LogP contribution in [0.15, 0.2) is 6.20 Å². The quantitative estimate of drug-likeness (QED) is 0.527. The molecular formula is C15H26N4O5. The monoisotopic (exact) mass is 342 g/mol. The second kappa shape index (κ2) is 7.14. The van der Waals surface area contributed by atoms with Gasteiger partial charge in [-0.3, -0.25) is 4.79 Å². The Hall–Kier alpha value is -1.55. The van der Waals surface area contributed by atoms with Gasteiger partial charge in [-0.25, -0.2) is 4.68 Å². The molecule has 0 aliphatic carbocycles. The van der Waals surface area contributed by atoms with E-state index < -0.39 is 37.1 Å². The van der Waals surface area contributed by atoms with Crippen molar-refractivity contribution < 1.29 is 24.9 Å². The standard InChI is InChI=1S/C15H26N4O5/c1-8(21)16-12-10(24-11(7-20)13(22)14(12)23)5-9-6-19(18-17-9)15(2,3)4/h6,10-14,20,22-23H,5,7H2,1-4H3,(H,16,21)/t10-,11+,12-,13-,14+/m0/s1. The second-order valence-electron chi connectivity index (χ2n) is 7.13. The Morgan fingerprint density at radius 3 is 2.50 bits per heavy atom. The third kappa shape index (κ3) is 4.10. The normalized spacial score (nSPS) is 31.0. The number of carbonyl (C=O) groups excluding carboxylic acids is 1. The fourth-order valence-corrected chi connectivity index (χ4v) is 2.71. The Morgan fingerprint density at radius 1 is 1.33 bits per heavy atom. The number of aromatic nitrogens is 3. The number of aliphatic hydroxyl groups is 3. The van der Waals surface area contributed by atoms with Crippen molar-refractivity contribution in [3.63, 3.8) is 0 Å². The summed E-state index contributed by atoms with van der Waals surface area (Å²) >= 11 is 0. The van der Waals surface area contributed by atoms with Gasteiger partial charge in [-0.15, -0.1) is 5.10 Å². The van der Waals surface area contributed by atoms with E-state index in [0.717, 1.165) is 0 Å². The molecule has 0 aromatic carbocycles. The molecule has 2 rings (SSSR count). The van der Waals surface area contributed by atoms with Crippen molar-refractivity contribution in [3.05, 3.63) is 11.9 Å². The van der Waals surface area contributed by atoms with Gasteiger partial charge in [-0.05, 0) is 20.8 Å². The topological polar surface area (TPSA) is 130 Å². The van der Waals surface area contributed by atoms with Crippen LogP contribution < -0.4 is 5.32 Å². The van der Waals surface area contributed by atoms with Gasteiger partial charge in [-0.1, -0.05) is 5.21 Å². The first-order valence-electron chi connectivity index (χ1n) is 7.94. The van der Waals surface area contributed by atoms with Crippen molar-refractivity contribution in [1.29, 1.82) is 0 Å². The second-order valence-corrected chi connectivity index (χ2v) is 7.13. The highest BCUT2D eigenvalue weighted by Crippen LogP contribution is 2.24. The van der Waals surface area contributed by atoms with Gasteiger partial charge in [0.15, 0.2) is 0 Å². The van der Waals surface area contributed by atoms with Crippen molar-refractivity contribution in [2.24, 2.45) is 0 Å². The molecule has 136 valence electrons. The van der Waals surface area contributed by atoms with E-state index in [1.165, 1.54) is 6.92 Å². The first-order chi connectivity index (χ1) is 11.1. The number of nitrogens with zero attached hydrogens (tertiary/aromatic N) is 3. The number of hydrogen-bond donors (Lipinski definition) is 4. The molecule has 2 heterocycles. The van der Waals surface area contributed by atoms with Crippen molar-refractivity contribution in [2.75, 3.05) is 6.61 Å². The lowest BCUT2D eigenvalue weighted by Gasteiger charge is -2.42. The Bertz CT molecular complexity index is 570. The van der Waals surface area contributed by atoms with Gasteiger partial charge in [0.1, 0.15) is 18.3 Å². The van der Waals surface area contributed by atoms with E-state index in [1.807, 2.05) is 20.8 Å². The molecule has 24 heavy (non-hydrogen) atoms. The first-order valence-corrected chi connectivity index (χ1v) is 7.94. The number of rotatable bonds is 4. The maximum Gasteiger partial charge on any atom is 0.217 e. The Balaban J connectivity index is 2.20. The predicted molar refractivity (Wildman–Crippen MR) is 84.1 cm³/mol. The van der Waals surface area contributed by atoms with Crippen LogP contribution in [0.25, 0.3) is 0 Å². The zero-order valence-electron chi connectivity index (χ0n) is 14.4. The lowest BCUT2D eigenvalue weighted by Crippen LogP contribution is -2.64. The van der Waals surface area contributed by atoms with Gasteiger partial charge < -0.3 is 25.4 Å². The molecule has 5 atom stereocenters. The smallest absolute Gasteiger partial charge is 0.217 e. The third-order valence-corrected chi connectivity index (χ3v) is 4.04. The van der Waals surface area contributed by atoms with E-state index in [4.69, 9.17) is 4.74 Å². The molecule has 1 saturated heterocycles. The van der Waals surface area contributed by atoms with Crippen LogP contribution in [0.4, 0.5) is 0 Å². The van der Waals surface area contributed by atoms with Crippen LogP contribution in [-0.2, 0) is 21.5 Å². The average molecular weight is 342 g/mol. The Labute approximate surface area is 140 Å². The summed E-state index contributed by atoms with van der Waals surface area (Å²) in [7, 11) is 0. The molecule has 0 unspecified atom stereocenters. The summed E-state index contributed by atoms with van der Waals surface area (Å²) in [6.07, 6.45) is -2.04. The molecule has 0 radical (unpaired) electrons. The summed E-state index contributed by atoms with van der Waals surface area (Å²) in [5.74, 6) is -0.347. The minimum Gasteiger partial charge on any atom is -0.394 e. The molecule has 4 N–H and O–H groups in total. The van der Waals surface area contributed by atoms with Crippen molar-refractivity contribution in [2.45, 2.75) is 70.1 Å². The number of aliphatic hydroxyl groups excluding tert-OH is 3. The van der Waals surface area contributed by atoms with Gasteiger partial charge in [0.05, 0.1) is 30.0 Å². The highest BCUT2D eigenvalue weighted by Gasteiger charge is 2.44. The molecule has 9 heteroatoms. The summed E-state index contributed by atoms with van der Waals surface area (Å²) in [6.45, 7) is 6.86. The molecule has 1 aliphatic rings. The number of ether oxygens (including phenoxy) is 1. The van der Waals surface area contributed by atoms with E-state index in [0.29, 0.717) is 5.69 Å². The molecule has 1 fully saturated rings. The van der Waals surface area contributed by atoms with E-state index >= 15 is 0 Å². The zero-order valence-corrected chi connectivity index (χ0v) is 14.4. The van der Waals surface area contributed by atoms with Gasteiger partial charge in [-0.2, -0.15) is 0 Å². The molecule has 1 aromatic heterocycles. The highest BCUT2D eigenvalue weighted by atomic mass is 16.5. The van der Waals surface area contributed by atoms with E-state index in [1.54, 1.807) is 10.9 Å². The van der Waals surface area contributed by atoms with Crippen LogP contribution in [0.3, 0.4) is 0 Å². The van der Waals surface area contributed by atoms with Crippen LogP contribution in [0, 0.1) is 0 Å². The maximum absolute atomic E-state index is 11.4. The number of amides is 1. The van der Waals surface area contributed by atoms with Crippen molar-refractivity contribution >= 4 is 5.91 Å². The van der Waals surface area contributed by atoms with Crippen LogP contribution >= 0.6 is 0 Å². The minimum atomic E-state index is -1.28. The van der Waals surface area contributed by atoms with E-state index in [9.17, 15) is 20.1 Å². The number of nitrogens with one attached hydrogen (secondary N) is 1. The molecule has 0 spiro atoms. The molecule has 1 aliphatic heterocycles. The summed E-state index contributed by atoms with van der Waals surface area (Å²) in [5, 5.41) is 40.4. The fraction of sp³-hybridized carbons (Fsp3) is 0.800. The first kappa shape index (κ1) is 18.8. The molecule has 1 aromatic rings. The summed E-state index contributed by atoms with van der Waals surface area (Å²) < 4.78 is 7.39. The van der Waals surface area contributed by atoms with Crippen LogP contribution in [0.1, 0.15) is 33.4 Å². The maximum atomic E-state index is 11.4. The lowest BCUT2D eigenvalue weighted by molar-refractivity contribution is -0.194. The minimum absolute atomic E-state index is 0.223. The van der Waals surface area contributed by atoms with Gasteiger partial charge >= 0.3 is 0 Å². The van der Waals surface area contributed by atoms with E-state index in [-0.39, 0.29) is 17.9 Å². The van der Waals surface area contributed by atoms with Crippen molar-refractivity contribution in [3.8, 4) is 0 Å². The predicted octanol–water partition coefficient (Wildman–Crippen LogP) is -1.44. The zero-order chi connectivity index (χ0) is 18.1. The van der Waals surface area contributed by atoms with Crippen LogP contribution in [-0.4, -0.2) is 73.3 Å². The fourth-order valence-electron chi connectivity index (χ4n) is 2.71. The van der Waals surface area contributed by atoms with Crippen LogP contribution in [0.5, 0.6) is 0 Å². The Morgan fingerprint density at radius 2 is 2.00 bits per heavy atom. The molecule has 0 bridgehead atoms. The molecular weight excluding hydrogens is 316 g/mol. The molecule has 0 saturated carbocycles. The average Bonchev–Trinajstić information content (AvgIpc) is 2.95. The summed E-state index contributed by atoms with van der Waals surface area (Å²) in [4.78, 5) is 11.4. The van der Waals surface area contributed by atoms with Gasteiger partial charge in [0.25, 0.3) is 0 Å². The van der Waals surface area contributed by atoms with E-state index in [2.05, 4.69) is 15.6 Å². The Kier molecular flexibility index (Phi) is 5.59. The van der Waals surface area contributed by atoms with Crippen LogP contribution in [0.2, 0.25) is 0 Å². The summed E-state index contributed by atoms with van der Waals surface area (Å²) in [5.41, 5.74) is 0.407. The number of hydrogen-bond acceptors (Lipinski definition) is 7. The molecule has 1 amide bonds. The summed E-state index contributed by atoms with van der Waals surface area (Å²) in [6, 6.07) is -0.805. The van der Waals surface area contributed by atoms with Gasteiger partial charge in [0, 0.05) is 19.5 Å². The van der Waals surface area contributed by atoms with Gasteiger partial charge in [0.2, 0.25) is 5.91 Å². The third-order valence-electron chi connectivity index (χ3n) is 4.04.